The molecule has 1 aromatic heterocycles. The zero-order valence-corrected chi connectivity index (χ0v) is 8.49. The summed E-state index contributed by atoms with van der Waals surface area (Å²) in [5.41, 5.74) is 0. The Morgan fingerprint density at radius 2 is 2.14 bits per heavy atom. The summed E-state index contributed by atoms with van der Waals surface area (Å²) in [5, 5.41) is 3.14. The topological polar surface area (TPSA) is 41.1 Å². The molecule has 0 saturated carbocycles. The third-order valence-corrected chi connectivity index (χ3v) is 1.66. The average Bonchev–Trinajstić information content (AvgIpc) is 2.19. The number of nitrogens with one attached hydrogen (secondary N) is 1. The maximum atomic E-state index is 5.15. The molecule has 0 amide bonds. The van der Waals surface area contributed by atoms with Gasteiger partial charge in [0.2, 0.25) is 0 Å². The average molecular weight is 190 g/mol. The van der Waals surface area contributed by atoms with E-state index in [2.05, 4.69) is 21.2 Å². The molecule has 1 heterocycles. The third-order valence-electron chi connectivity index (χ3n) is 1.66. The van der Waals surface area contributed by atoms with Crippen molar-refractivity contribution in [3.63, 3.8) is 0 Å². The fraction of sp³-hybridized carbons (Fsp3) is 0.400. The first-order chi connectivity index (χ1) is 6.75. The molecular formula is C10H14N4. The number of aromatic nitrogens is 2. The number of rotatable bonds is 4. The standard InChI is InChI=1S/C10H14N4/c1-4-5-6-11-9-10(14(2)3)13-8-7-12-9/h1,7-8H,5-6H2,2-3H3,(H,11,12). The minimum atomic E-state index is 0.684. The summed E-state index contributed by atoms with van der Waals surface area (Å²) in [5.74, 6) is 4.16. The molecule has 1 rings (SSSR count). The van der Waals surface area contributed by atoms with E-state index >= 15 is 0 Å². The largest absolute Gasteiger partial charge is 0.366 e. The van der Waals surface area contributed by atoms with Crippen LogP contribution in [0.4, 0.5) is 11.6 Å². The van der Waals surface area contributed by atoms with Crippen molar-refractivity contribution in [1.29, 1.82) is 0 Å². The van der Waals surface area contributed by atoms with Crippen molar-refractivity contribution in [3.05, 3.63) is 12.4 Å². The van der Waals surface area contributed by atoms with Gasteiger partial charge in [-0.25, -0.2) is 9.97 Å². The van der Waals surface area contributed by atoms with E-state index in [4.69, 9.17) is 6.42 Å². The minimum absolute atomic E-state index is 0.684. The van der Waals surface area contributed by atoms with Crippen LogP contribution < -0.4 is 10.2 Å². The molecule has 0 fully saturated rings. The maximum absolute atomic E-state index is 5.15. The summed E-state index contributed by atoms with van der Waals surface area (Å²) in [6.07, 6.45) is 9.16. The lowest BCUT2D eigenvalue weighted by Gasteiger charge is -2.15. The van der Waals surface area contributed by atoms with E-state index in [-0.39, 0.29) is 0 Å². The molecule has 4 heteroatoms. The van der Waals surface area contributed by atoms with Crippen LogP contribution in [-0.2, 0) is 0 Å². The minimum Gasteiger partial charge on any atom is -0.366 e. The van der Waals surface area contributed by atoms with Crippen LogP contribution in [0.2, 0.25) is 0 Å². The van der Waals surface area contributed by atoms with Crippen molar-refractivity contribution in [2.45, 2.75) is 6.42 Å². The van der Waals surface area contributed by atoms with Gasteiger partial charge in [-0.15, -0.1) is 12.3 Å². The maximum Gasteiger partial charge on any atom is 0.171 e. The Morgan fingerprint density at radius 1 is 1.43 bits per heavy atom. The number of terminal acetylenes is 1. The fourth-order valence-corrected chi connectivity index (χ4v) is 1.04. The summed E-state index contributed by atoms with van der Waals surface area (Å²) >= 11 is 0. The van der Waals surface area contributed by atoms with Gasteiger partial charge in [-0.1, -0.05) is 0 Å². The molecule has 14 heavy (non-hydrogen) atoms. The summed E-state index contributed by atoms with van der Waals surface area (Å²) in [7, 11) is 3.85. The molecule has 0 atom stereocenters. The van der Waals surface area contributed by atoms with Crippen LogP contribution in [0.25, 0.3) is 0 Å². The lowest BCUT2D eigenvalue weighted by atomic mass is 10.4. The molecule has 1 aromatic rings. The van der Waals surface area contributed by atoms with E-state index in [0.717, 1.165) is 18.2 Å². The van der Waals surface area contributed by atoms with E-state index in [9.17, 15) is 0 Å². The van der Waals surface area contributed by atoms with Crippen molar-refractivity contribution in [2.75, 3.05) is 30.9 Å². The van der Waals surface area contributed by atoms with Crippen LogP contribution in [-0.4, -0.2) is 30.6 Å². The molecule has 0 spiro atoms. The van der Waals surface area contributed by atoms with Gasteiger partial charge in [0.15, 0.2) is 11.6 Å². The van der Waals surface area contributed by atoms with Crippen molar-refractivity contribution >= 4 is 11.6 Å². The van der Waals surface area contributed by atoms with Crippen LogP contribution in [0.5, 0.6) is 0 Å². The second-order valence-electron chi connectivity index (χ2n) is 3.00. The lowest BCUT2D eigenvalue weighted by molar-refractivity contribution is 1.01. The summed E-state index contributed by atoms with van der Waals surface area (Å²) in [4.78, 5) is 10.3. The molecular weight excluding hydrogens is 176 g/mol. The zero-order valence-electron chi connectivity index (χ0n) is 8.49. The van der Waals surface area contributed by atoms with Crippen molar-refractivity contribution in [3.8, 4) is 12.3 Å². The van der Waals surface area contributed by atoms with Gasteiger partial charge in [-0.2, -0.15) is 0 Å². The van der Waals surface area contributed by atoms with Gasteiger partial charge < -0.3 is 10.2 Å². The van der Waals surface area contributed by atoms with Crippen LogP contribution in [0, 0.1) is 12.3 Å². The molecule has 0 aliphatic carbocycles. The SMILES string of the molecule is C#CCCNc1nccnc1N(C)C. The van der Waals surface area contributed by atoms with Crippen LogP contribution >= 0.6 is 0 Å². The quantitative estimate of drug-likeness (QED) is 0.567. The first kappa shape index (κ1) is 10.3. The molecule has 0 saturated heterocycles. The van der Waals surface area contributed by atoms with Crippen molar-refractivity contribution in [2.24, 2.45) is 0 Å². The molecule has 74 valence electrons. The molecule has 0 bridgehead atoms. The van der Waals surface area contributed by atoms with Crippen LogP contribution in [0.1, 0.15) is 6.42 Å². The number of hydrogen-bond donors (Lipinski definition) is 1. The van der Waals surface area contributed by atoms with Gasteiger partial charge in [0.1, 0.15) is 0 Å². The molecule has 0 radical (unpaired) electrons. The fourth-order valence-electron chi connectivity index (χ4n) is 1.04. The van der Waals surface area contributed by atoms with Gasteiger partial charge in [-0.05, 0) is 0 Å². The van der Waals surface area contributed by atoms with E-state index in [0.29, 0.717) is 6.42 Å². The van der Waals surface area contributed by atoms with Crippen molar-refractivity contribution < 1.29 is 0 Å². The normalized spacial score (nSPS) is 9.21. The molecule has 4 nitrogen and oxygen atoms in total. The summed E-state index contributed by atoms with van der Waals surface area (Å²) < 4.78 is 0. The smallest absolute Gasteiger partial charge is 0.171 e. The van der Waals surface area contributed by atoms with Crippen LogP contribution in [0.15, 0.2) is 12.4 Å². The van der Waals surface area contributed by atoms with Crippen LogP contribution in [0.3, 0.4) is 0 Å². The Kier molecular flexibility index (Phi) is 3.74. The summed E-state index contributed by atoms with van der Waals surface area (Å²) in [6.45, 7) is 0.718. The zero-order chi connectivity index (χ0) is 10.4. The van der Waals surface area contributed by atoms with Gasteiger partial charge in [0.05, 0.1) is 0 Å². The van der Waals surface area contributed by atoms with E-state index in [1.807, 2.05) is 19.0 Å². The Bertz CT molecular complexity index is 327. The van der Waals surface area contributed by atoms with E-state index < -0.39 is 0 Å². The first-order valence-corrected chi connectivity index (χ1v) is 4.41. The second-order valence-corrected chi connectivity index (χ2v) is 3.00. The Balaban J connectivity index is 2.70. The lowest BCUT2D eigenvalue weighted by Crippen LogP contribution is -2.15. The highest BCUT2D eigenvalue weighted by Crippen LogP contribution is 2.16. The molecule has 0 aromatic carbocycles. The van der Waals surface area contributed by atoms with E-state index in [1.165, 1.54) is 0 Å². The van der Waals surface area contributed by atoms with Gasteiger partial charge in [-0.3, -0.25) is 0 Å². The Morgan fingerprint density at radius 3 is 2.79 bits per heavy atom. The highest BCUT2D eigenvalue weighted by atomic mass is 15.2. The first-order valence-electron chi connectivity index (χ1n) is 4.41. The number of anilines is 2. The molecule has 0 aliphatic heterocycles. The summed E-state index contributed by atoms with van der Waals surface area (Å²) in [6, 6.07) is 0. The predicted molar refractivity (Wildman–Crippen MR) is 58.3 cm³/mol. The molecule has 1 N–H and O–H groups in total. The van der Waals surface area contributed by atoms with Gasteiger partial charge in [0.25, 0.3) is 0 Å². The Labute approximate surface area is 84.4 Å². The van der Waals surface area contributed by atoms with E-state index in [1.54, 1.807) is 12.4 Å². The van der Waals surface area contributed by atoms with Gasteiger partial charge in [0, 0.05) is 39.5 Å². The Hall–Kier alpha value is -1.76. The number of hydrogen-bond acceptors (Lipinski definition) is 4. The molecule has 0 aliphatic rings. The van der Waals surface area contributed by atoms with Gasteiger partial charge >= 0.3 is 0 Å². The highest BCUT2D eigenvalue weighted by molar-refractivity contribution is 5.59. The third kappa shape index (κ3) is 2.63. The number of nitrogens with zero attached hydrogens (tertiary/aromatic N) is 3. The monoisotopic (exact) mass is 190 g/mol. The molecule has 0 unspecified atom stereocenters. The van der Waals surface area contributed by atoms with Crippen molar-refractivity contribution in [1.82, 2.24) is 9.97 Å². The predicted octanol–water partition coefficient (Wildman–Crippen LogP) is 0.978. The highest BCUT2D eigenvalue weighted by Gasteiger charge is 2.04. The second kappa shape index (κ2) is 5.07.